The van der Waals surface area contributed by atoms with E-state index in [0.29, 0.717) is 17.9 Å². The van der Waals surface area contributed by atoms with Gasteiger partial charge in [0.05, 0.1) is 0 Å². The highest BCUT2D eigenvalue weighted by Gasteiger charge is 2.27. The fourth-order valence-electron chi connectivity index (χ4n) is 2.43. The Morgan fingerprint density at radius 1 is 1.35 bits per heavy atom. The molecule has 1 aromatic heterocycles. The fraction of sp³-hybridized carbons (Fsp3) is 0.643. The molecule has 96 valence electrons. The second-order valence-corrected chi connectivity index (χ2v) is 5.16. The number of pyridine rings is 1. The average Bonchev–Trinajstić information content (AvgIpc) is 2.29. The van der Waals surface area contributed by atoms with E-state index >= 15 is 0 Å². The number of aromatic nitrogens is 1. The van der Waals surface area contributed by atoms with Crippen molar-refractivity contribution in [2.24, 2.45) is 11.8 Å². The molecule has 1 N–H and O–H groups in total. The van der Waals surface area contributed by atoms with Gasteiger partial charge in [-0.05, 0) is 51.2 Å². The highest BCUT2D eigenvalue weighted by Crippen LogP contribution is 2.31. The summed E-state index contributed by atoms with van der Waals surface area (Å²) in [5.41, 5.74) is 1.30. The van der Waals surface area contributed by atoms with Crippen LogP contribution in [0.1, 0.15) is 25.5 Å². The average molecular weight is 235 g/mol. The third-order valence-electron chi connectivity index (χ3n) is 3.28. The Bertz CT molecular complexity index is 309. The van der Waals surface area contributed by atoms with Crippen molar-refractivity contribution >= 4 is 0 Å². The van der Waals surface area contributed by atoms with Crippen LogP contribution in [0.15, 0.2) is 24.5 Å². The molecule has 0 amide bonds. The van der Waals surface area contributed by atoms with E-state index in [1.54, 1.807) is 0 Å². The van der Waals surface area contributed by atoms with Crippen molar-refractivity contribution in [3.8, 4) is 0 Å². The Hall–Kier alpha value is -0.930. The topological polar surface area (TPSA) is 28.2 Å². The van der Waals surface area contributed by atoms with Crippen LogP contribution in [0.25, 0.3) is 0 Å². The second kappa shape index (κ2) is 6.72. The Balaban J connectivity index is 2.98. The first-order chi connectivity index (χ1) is 8.07. The molecule has 3 heteroatoms. The summed E-state index contributed by atoms with van der Waals surface area (Å²) in [5, 5.41) is 3.31. The van der Waals surface area contributed by atoms with Crippen molar-refractivity contribution in [3.05, 3.63) is 30.1 Å². The van der Waals surface area contributed by atoms with E-state index in [-0.39, 0.29) is 0 Å². The van der Waals surface area contributed by atoms with Crippen LogP contribution in [-0.2, 0) is 0 Å². The summed E-state index contributed by atoms with van der Waals surface area (Å²) in [7, 11) is 6.30. The Labute approximate surface area is 105 Å². The zero-order valence-electron chi connectivity index (χ0n) is 11.6. The first kappa shape index (κ1) is 14.1. The summed E-state index contributed by atoms with van der Waals surface area (Å²) >= 11 is 0. The number of hydrogen-bond acceptors (Lipinski definition) is 3. The third kappa shape index (κ3) is 3.79. The maximum Gasteiger partial charge on any atom is 0.0400 e. The summed E-state index contributed by atoms with van der Waals surface area (Å²) in [6, 6.07) is 4.60. The van der Waals surface area contributed by atoms with E-state index in [9.17, 15) is 0 Å². The van der Waals surface area contributed by atoms with Crippen molar-refractivity contribution in [2.45, 2.75) is 19.9 Å². The standard InChI is InChI=1S/C14H25N3/c1-11(2)13(10-15-3)14(17(4)5)12-7-6-8-16-9-12/h6-9,11,13-15H,10H2,1-5H3. The van der Waals surface area contributed by atoms with Gasteiger partial charge in [-0.2, -0.15) is 0 Å². The maximum absolute atomic E-state index is 4.24. The van der Waals surface area contributed by atoms with Crippen molar-refractivity contribution in [3.63, 3.8) is 0 Å². The number of rotatable bonds is 6. The van der Waals surface area contributed by atoms with Gasteiger partial charge in [-0.3, -0.25) is 4.98 Å². The summed E-state index contributed by atoms with van der Waals surface area (Å²) in [5.74, 6) is 1.22. The molecule has 0 spiro atoms. The van der Waals surface area contributed by atoms with Gasteiger partial charge in [-0.15, -0.1) is 0 Å². The molecule has 0 radical (unpaired) electrons. The van der Waals surface area contributed by atoms with Gasteiger partial charge in [0.2, 0.25) is 0 Å². The van der Waals surface area contributed by atoms with Crippen LogP contribution in [0.4, 0.5) is 0 Å². The molecule has 3 nitrogen and oxygen atoms in total. The monoisotopic (exact) mass is 235 g/mol. The van der Waals surface area contributed by atoms with E-state index in [2.05, 4.69) is 49.2 Å². The molecule has 1 aromatic rings. The SMILES string of the molecule is CNCC(C(C)C)C(c1cccnc1)N(C)C. The van der Waals surface area contributed by atoms with Crippen molar-refractivity contribution in [1.82, 2.24) is 15.2 Å². The van der Waals surface area contributed by atoms with Crippen LogP contribution in [0.3, 0.4) is 0 Å². The van der Waals surface area contributed by atoms with Crippen LogP contribution < -0.4 is 5.32 Å². The van der Waals surface area contributed by atoms with E-state index in [1.165, 1.54) is 5.56 Å². The number of hydrogen-bond donors (Lipinski definition) is 1. The van der Waals surface area contributed by atoms with Crippen LogP contribution in [0.2, 0.25) is 0 Å². The van der Waals surface area contributed by atoms with Crippen LogP contribution in [0, 0.1) is 11.8 Å². The molecule has 0 aromatic carbocycles. The van der Waals surface area contributed by atoms with Crippen molar-refractivity contribution in [2.75, 3.05) is 27.7 Å². The smallest absolute Gasteiger partial charge is 0.0400 e. The zero-order valence-corrected chi connectivity index (χ0v) is 11.6. The molecule has 0 bridgehead atoms. The third-order valence-corrected chi connectivity index (χ3v) is 3.28. The lowest BCUT2D eigenvalue weighted by Gasteiger charge is -2.35. The minimum atomic E-state index is 0.413. The summed E-state index contributed by atoms with van der Waals surface area (Å²) < 4.78 is 0. The van der Waals surface area contributed by atoms with Gasteiger partial charge in [0.15, 0.2) is 0 Å². The first-order valence-corrected chi connectivity index (χ1v) is 6.28. The summed E-state index contributed by atoms with van der Waals surface area (Å²) in [6.07, 6.45) is 3.81. The van der Waals surface area contributed by atoms with E-state index < -0.39 is 0 Å². The molecule has 0 aliphatic heterocycles. The molecule has 2 atom stereocenters. The number of nitrogens with one attached hydrogen (secondary N) is 1. The van der Waals surface area contributed by atoms with Gasteiger partial charge in [0.25, 0.3) is 0 Å². The van der Waals surface area contributed by atoms with Gasteiger partial charge < -0.3 is 10.2 Å². The Morgan fingerprint density at radius 3 is 2.47 bits per heavy atom. The van der Waals surface area contributed by atoms with E-state index in [4.69, 9.17) is 0 Å². The van der Waals surface area contributed by atoms with Gasteiger partial charge in [-0.1, -0.05) is 19.9 Å². The largest absolute Gasteiger partial charge is 0.319 e. The highest BCUT2D eigenvalue weighted by molar-refractivity contribution is 5.15. The summed E-state index contributed by atoms with van der Waals surface area (Å²) in [6.45, 7) is 5.60. The molecule has 0 aliphatic rings. The lowest BCUT2D eigenvalue weighted by Crippen LogP contribution is -2.36. The predicted molar refractivity (Wildman–Crippen MR) is 72.9 cm³/mol. The van der Waals surface area contributed by atoms with Gasteiger partial charge >= 0.3 is 0 Å². The maximum atomic E-state index is 4.24. The molecule has 1 rings (SSSR count). The van der Waals surface area contributed by atoms with Gasteiger partial charge in [0.1, 0.15) is 0 Å². The normalized spacial score (nSPS) is 15.2. The molecule has 0 saturated heterocycles. The molecule has 1 heterocycles. The zero-order chi connectivity index (χ0) is 12.8. The molecular weight excluding hydrogens is 210 g/mol. The summed E-state index contributed by atoms with van der Waals surface area (Å²) in [4.78, 5) is 6.53. The highest BCUT2D eigenvalue weighted by atomic mass is 15.1. The molecular formula is C14H25N3. The van der Waals surface area contributed by atoms with Crippen LogP contribution in [0.5, 0.6) is 0 Å². The first-order valence-electron chi connectivity index (χ1n) is 6.28. The second-order valence-electron chi connectivity index (χ2n) is 5.16. The lowest BCUT2D eigenvalue weighted by molar-refractivity contribution is 0.168. The Morgan fingerprint density at radius 2 is 2.06 bits per heavy atom. The van der Waals surface area contributed by atoms with Gasteiger partial charge in [-0.25, -0.2) is 0 Å². The van der Waals surface area contributed by atoms with Crippen molar-refractivity contribution in [1.29, 1.82) is 0 Å². The molecule has 17 heavy (non-hydrogen) atoms. The van der Waals surface area contributed by atoms with Crippen LogP contribution >= 0.6 is 0 Å². The molecule has 0 aliphatic carbocycles. The van der Waals surface area contributed by atoms with Crippen molar-refractivity contribution < 1.29 is 0 Å². The predicted octanol–water partition coefficient (Wildman–Crippen LogP) is 2.18. The lowest BCUT2D eigenvalue weighted by atomic mass is 9.84. The minimum Gasteiger partial charge on any atom is -0.319 e. The molecule has 0 saturated carbocycles. The Kier molecular flexibility index (Phi) is 5.59. The number of nitrogens with zero attached hydrogens (tertiary/aromatic N) is 2. The molecule has 0 fully saturated rings. The van der Waals surface area contributed by atoms with E-state index in [0.717, 1.165) is 6.54 Å². The quantitative estimate of drug-likeness (QED) is 0.819. The fourth-order valence-corrected chi connectivity index (χ4v) is 2.43. The molecule has 2 unspecified atom stereocenters. The minimum absolute atomic E-state index is 0.413. The van der Waals surface area contributed by atoms with E-state index in [1.807, 2.05) is 25.5 Å². The van der Waals surface area contributed by atoms with Crippen LogP contribution in [-0.4, -0.2) is 37.6 Å². The van der Waals surface area contributed by atoms with Gasteiger partial charge in [0, 0.05) is 18.4 Å².